The second-order valence-electron chi connectivity index (χ2n) is 21.9. The van der Waals surface area contributed by atoms with Crippen LogP contribution in [-0.2, 0) is 23.8 Å². The first-order valence-corrected chi connectivity index (χ1v) is 32.4. The van der Waals surface area contributed by atoms with E-state index in [-0.39, 0.29) is 19.4 Å². The van der Waals surface area contributed by atoms with Crippen molar-refractivity contribution in [3.63, 3.8) is 0 Å². The second kappa shape index (κ2) is 56.5. The minimum atomic E-state index is -1.64. The zero-order valence-electron chi connectivity index (χ0n) is 51.1. The number of amides is 1. The molecule has 0 aliphatic carbocycles. The number of aliphatic hydroxyl groups is 5. The Kier molecular flexibility index (Phi) is 52.4. The van der Waals surface area contributed by atoms with Crippen molar-refractivity contribution < 1.29 is 49.3 Å². The van der Waals surface area contributed by atoms with E-state index in [1.54, 1.807) is 6.08 Å². The Hall–Kier alpha value is -3.94. The lowest BCUT2D eigenvalue weighted by molar-refractivity contribution is -0.305. The Bertz CT molecular complexity index is 1780. The Morgan fingerprint density at radius 1 is 0.506 bits per heavy atom. The van der Waals surface area contributed by atoms with Crippen molar-refractivity contribution in [2.75, 3.05) is 13.2 Å². The van der Waals surface area contributed by atoms with Crippen LogP contribution in [0.3, 0.4) is 0 Å². The van der Waals surface area contributed by atoms with Crippen LogP contribution in [0.5, 0.6) is 0 Å². The van der Waals surface area contributed by atoms with Gasteiger partial charge in [-0.15, -0.1) is 0 Å². The highest BCUT2D eigenvalue weighted by molar-refractivity contribution is 5.80. The molecule has 1 aliphatic rings. The Balaban J connectivity index is 2.70. The molecule has 6 N–H and O–H groups in total. The molecule has 0 aromatic rings. The number of ether oxygens (including phenoxy) is 3. The van der Waals surface area contributed by atoms with Crippen molar-refractivity contribution >= 4 is 11.9 Å². The van der Waals surface area contributed by atoms with Crippen LogP contribution in [0.2, 0.25) is 0 Å². The summed E-state index contributed by atoms with van der Waals surface area (Å²) in [5.41, 5.74) is 0. The van der Waals surface area contributed by atoms with E-state index in [1.165, 1.54) is 109 Å². The summed E-state index contributed by atoms with van der Waals surface area (Å²) in [6.45, 7) is 5.59. The van der Waals surface area contributed by atoms with Gasteiger partial charge >= 0.3 is 5.97 Å². The first kappa shape index (κ1) is 75.1. The molecular weight excluding hydrogens is 1010 g/mol. The Morgan fingerprint density at radius 2 is 0.938 bits per heavy atom. The number of carbonyl (C=O) groups excluding carboxylic acids is 2. The average Bonchev–Trinajstić information content (AvgIpc) is 3.46. The van der Waals surface area contributed by atoms with Gasteiger partial charge in [0, 0.05) is 6.42 Å². The number of unbranched alkanes of at least 4 members (excludes halogenated alkanes) is 26. The summed E-state index contributed by atoms with van der Waals surface area (Å²) in [5.74, 6) is -1.25. The summed E-state index contributed by atoms with van der Waals surface area (Å²) in [5, 5.41) is 57.1. The van der Waals surface area contributed by atoms with Crippen molar-refractivity contribution in [2.24, 2.45) is 0 Å². The molecule has 1 rings (SSSR count). The van der Waals surface area contributed by atoms with Crippen LogP contribution in [0.25, 0.3) is 0 Å². The van der Waals surface area contributed by atoms with Crippen LogP contribution in [0.15, 0.2) is 122 Å². The maximum Gasteiger partial charge on any atom is 0.306 e. The molecule has 81 heavy (non-hydrogen) atoms. The van der Waals surface area contributed by atoms with Crippen molar-refractivity contribution in [3.05, 3.63) is 122 Å². The predicted molar refractivity (Wildman–Crippen MR) is 338 cm³/mol. The minimum absolute atomic E-state index is 0.0653. The third-order valence-corrected chi connectivity index (χ3v) is 14.5. The maximum atomic E-state index is 13.5. The molecule has 11 heteroatoms. The lowest BCUT2D eigenvalue weighted by Gasteiger charge is -2.41. The molecule has 1 saturated heterocycles. The minimum Gasteiger partial charge on any atom is -0.454 e. The lowest BCUT2D eigenvalue weighted by atomic mass is 9.99. The van der Waals surface area contributed by atoms with Crippen LogP contribution in [0.4, 0.5) is 0 Å². The molecule has 1 fully saturated rings. The predicted octanol–water partition coefficient (Wildman–Crippen LogP) is 15.8. The average molecular weight is 1130 g/mol. The van der Waals surface area contributed by atoms with Crippen molar-refractivity contribution in [3.8, 4) is 0 Å². The molecule has 8 unspecified atom stereocenters. The molecule has 0 radical (unpaired) electrons. The van der Waals surface area contributed by atoms with Crippen LogP contribution in [0.1, 0.15) is 245 Å². The SMILES string of the molecule is CC\C=C/C=C/C=C/C=C\C=C\C=C\CCCCCC(=O)OC1C(OCC(NC(=O)C(O)CCCCCCCCCCC/C=C\C/C=C\C/C=C\CCCCC)C(O)/C=C/CCCCCCCCCCCCC)OC(CO)C(O)C1O. The number of hydrogen-bond acceptors (Lipinski definition) is 10. The standard InChI is InChI=1S/C70H117NO10/c1-4-7-10-13-16-19-22-25-27-29-30-31-32-33-35-36-39-42-45-48-51-54-57-63(74)69(78)71-61(62(73)56-53-50-47-44-41-38-24-21-18-15-12-9-6-3)60-79-70-68(67(77)66(76)64(59-72)80-70)81-65(75)58-55-52-49-46-43-40-37-34-28-26-23-20-17-14-11-8-5-2/h8,11,14,16-17,19-20,23,25-28,30-31,34,37,40,43,53,56,61-64,66-68,70,72-74,76-77H,4-7,9-10,12-13,15,18,21-22,24,29,32-33,35-36,38-39,41-42,44-52,54-55,57-60H2,1-3H3,(H,71,78)/b11-8-,17-14+,19-16-,23-20+,27-25-,28-26-,31-30-,37-34+,43-40+,56-53+. The smallest absolute Gasteiger partial charge is 0.306 e. The number of allylic oxidation sites excluding steroid dienone is 19. The first-order chi connectivity index (χ1) is 39.7. The zero-order chi connectivity index (χ0) is 58.9. The van der Waals surface area contributed by atoms with E-state index in [9.17, 15) is 35.1 Å². The number of rotatable bonds is 53. The Morgan fingerprint density at radius 3 is 1.47 bits per heavy atom. The number of aliphatic hydroxyl groups excluding tert-OH is 5. The number of hydrogen-bond donors (Lipinski definition) is 6. The molecule has 1 amide bonds. The maximum absolute atomic E-state index is 13.5. The number of esters is 1. The van der Waals surface area contributed by atoms with E-state index in [4.69, 9.17) is 14.2 Å². The molecule has 0 aromatic carbocycles. The van der Waals surface area contributed by atoms with E-state index in [1.807, 2.05) is 66.8 Å². The molecule has 0 saturated carbocycles. The normalized spacial score (nSPS) is 19.5. The lowest BCUT2D eigenvalue weighted by Crippen LogP contribution is -2.61. The molecule has 0 aromatic heterocycles. The fourth-order valence-corrected chi connectivity index (χ4v) is 9.40. The highest BCUT2D eigenvalue weighted by atomic mass is 16.7. The summed E-state index contributed by atoms with van der Waals surface area (Å²) in [4.78, 5) is 26.6. The summed E-state index contributed by atoms with van der Waals surface area (Å²) in [6, 6.07) is -1.04. The van der Waals surface area contributed by atoms with Crippen molar-refractivity contribution in [1.82, 2.24) is 5.32 Å². The van der Waals surface area contributed by atoms with Gasteiger partial charge in [0.05, 0.1) is 25.4 Å². The third kappa shape index (κ3) is 44.3. The van der Waals surface area contributed by atoms with Gasteiger partial charge in [-0.3, -0.25) is 9.59 Å². The van der Waals surface area contributed by atoms with Crippen molar-refractivity contribution in [2.45, 2.75) is 294 Å². The molecule has 1 aliphatic heterocycles. The fourth-order valence-electron chi connectivity index (χ4n) is 9.40. The highest BCUT2D eigenvalue weighted by Gasteiger charge is 2.47. The summed E-state index contributed by atoms with van der Waals surface area (Å²) in [7, 11) is 0. The second-order valence-corrected chi connectivity index (χ2v) is 21.9. The van der Waals surface area contributed by atoms with Gasteiger partial charge in [-0.1, -0.05) is 277 Å². The summed E-state index contributed by atoms with van der Waals surface area (Å²) < 4.78 is 17.6. The van der Waals surface area contributed by atoms with Gasteiger partial charge < -0.3 is 45.1 Å². The number of nitrogens with one attached hydrogen (secondary N) is 1. The first-order valence-electron chi connectivity index (χ1n) is 32.4. The molecule has 0 bridgehead atoms. The third-order valence-electron chi connectivity index (χ3n) is 14.5. The van der Waals surface area contributed by atoms with Gasteiger partial charge in [0.25, 0.3) is 0 Å². The molecular formula is C70H117NO10. The van der Waals surface area contributed by atoms with Crippen LogP contribution < -0.4 is 5.32 Å². The van der Waals surface area contributed by atoms with Gasteiger partial charge in [-0.2, -0.15) is 0 Å². The van der Waals surface area contributed by atoms with Gasteiger partial charge in [-0.25, -0.2) is 0 Å². The van der Waals surface area contributed by atoms with E-state index < -0.39 is 67.4 Å². The van der Waals surface area contributed by atoms with Crippen LogP contribution in [-0.4, -0.2) is 99.6 Å². The van der Waals surface area contributed by atoms with E-state index in [0.717, 1.165) is 89.9 Å². The fraction of sp³-hybridized carbons (Fsp3) is 0.686. The molecule has 1 heterocycles. The van der Waals surface area contributed by atoms with Gasteiger partial charge in [0.15, 0.2) is 12.4 Å². The Labute approximate surface area is 493 Å². The topological polar surface area (TPSA) is 175 Å². The molecule has 0 spiro atoms. The van der Waals surface area contributed by atoms with Gasteiger partial charge in [-0.05, 0) is 83.5 Å². The van der Waals surface area contributed by atoms with Gasteiger partial charge in [0.2, 0.25) is 5.91 Å². The van der Waals surface area contributed by atoms with Crippen LogP contribution >= 0.6 is 0 Å². The molecule has 11 nitrogen and oxygen atoms in total. The van der Waals surface area contributed by atoms with Gasteiger partial charge in [0.1, 0.15) is 24.4 Å². The van der Waals surface area contributed by atoms with Crippen LogP contribution in [0, 0.1) is 0 Å². The quantitative estimate of drug-likeness (QED) is 0.0149. The largest absolute Gasteiger partial charge is 0.454 e. The molecule has 462 valence electrons. The molecule has 8 atom stereocenters. The number of carbonyl (C=O) groups is 2. The van der Waals surface area contributed by atoms with E-state index in [2.05, 4.69) is 74.7 Å². The van der Waals surface area contributed by atoms with Crippen molar-refractivity contribution in [1.29, 1.82) is 0 Å². The summed E-state index contributed by atoms with van der Waals surface area (Å²) in [6.07, 6.45) is 68.0. The summed E-state index contributed by atoms with van der Waals surface area (Å²) >= 11 is 0. The van der Waals surface area contributed by atoms with E-state index in [0.29, 0.717) is 12.8 Å². The highest BCUT2D eigenvalue weighted by Crippen LogP contribution is 2.26. The zero-order valence-corrected chi connectivity index (χ0v) is 51.1. The van der Waals surface area contributed by atoms with E-state index >= 15 is 0 Å². The monoisotopic (exact) mass is 1130 g/mol.